The lowest BCUT2D eigenvalue weighted by molar-refractivity contribution is 0.374. The van der Waals surface area contributed by atoms with Crippen molar-refractivity contribution in [3.05, 3.63) is 64.4 Å². The fraction of sp³-hybridized carbons (Fsp3) is 0.250. The molecule has 0 saturated carbocycles. The topological polar surface area (TPSA) is 37.4 Å². The fourth-order valence-corrected chi connectivity index (χ4v) is 4.52. The van der Waals surface area contributed by atoms with Crippen LogP contribution in [0, 0.1) is 5.82 Å². The molecule has 0 bridgehead atoms. The van der Waals surface area contributed by atoms with E-state index in [2.05, 4.69) is 0 Å². The van der Waals surface area contributed by atoms with Gasteiger partial charge in [-0.15, -0.1) is 0 Å². The highest BCUT2D eigenvalue weighted by atomic mass is 35.5. The first-order valence-electron chi connectivity index (χ1n) is 6.92. The third kappa shape index (κ3) is 2.53. The zero-order valence-corrected chi connectivity index (χ0v) is 13.5. The van der Waals surface area contributed by atoms with Crippen LogP contribution in [0.5, 0.6) is 0 Å². The summed E-state index contributed by atoms with van der Waals surface area (Å²) in [5, 5.41) is -0.193. The van der Waals surface area contributed by atoms with Gasteiger partial charge in [0, 0.05) is 7.05 Å². The molecule has 2 aromatic rings. The van der Waals surface area contributed by atoms with Gasteiger partial charge >= 0.3 is 0 Å². The Morgan fingerprint density at radius 3 is 2.68 bits per heavy atom. The van der Waals surface area contributed by atoms with Crippen LogP contribution >= 0.6 is 11.6 Å². The van der Waals surface area contributed by atoms with Crippen LogP contribution in [0.15, 0.2) is 47.4 Å². The highest BCUT2D eigenvalue weighted by Gasteiger charge is 2.33. The van der Waals surface area contributed by atoms with E-state index in [0.29, 0.717) is 0 Å². The maximum absolute atomic E-state index is 13.2. The lowest BCUT2D eigenvalue weighted by Crippen LogP contribution is -2.30. The highest BCUT2D eigenvalue weighted by Crippen LogP contribution is 2.37. The SMILES string of the molecule is CN(C1CCc2ccccc21)S(=O)(=O)c1ccc(F)c(Cl)c1. The summed E-state index contributed by atoms with van der Waals surface area (Å²) in [6.45, 7) is 0. The molecule has 0 heterocycles. The van der Waals surface area contributed by atoms with Crippen molar-refractivity contribution >= 4 is 21.6 Å². The summed E-state index contributed by atoms with van der Waals surface area (Å²) >= 11 is 5.71. The molecule has 3 rings (SSSR count). The van der Waals surface area contributed by atoms with Crippen molar-refractivity contribution in [1.82, 2.24) is 4.31 Å². The molecule has 1 unspecified atom stereocenters. The molecule has 0 amide bonds. The molecular formula is C16H15ClFNO2S. The van der Waals surface area contributed by atoms with Gasteiger partial charge in [0.25, 0.3) is 0 Å². The zero-order valence-electron chi connectivity index (χ0n) is 12.0. The predicted octanol–water partition coefficient (Wildman–Crippen LogP) is 3.79. The van der Waals surface area contributed by atoms with Gasteiger partial charge in [0.05, 0.1) is 16.0 Å². The molecule has 0 aromatic heterocycles. The minimum atomic E-state index is -3.72. The van der Waals surface area contributed by atoms with Crippen molar-refractivity contribution in [2.24, 2.45) is 0 Å². The second kappa shape index (κ2) is 5.65. The average molecular weight is 340 g/mol. The van der Waals surface area contributed by atoms with Gasteiger partial charge in [-0.3, -0.25) is 0 Å². The summed E-state index contributed by atoms with van der Waals surface area (Å²) in [5.41, 5.74) is 2.20. The number of rotatable bonds is 3. The van der Waals surface area contributed by atoms with E-state index in [1.165, 1.54) is 15.9 Å². The van der Waals surface area contributed by atoms with E-state index in [1.54, 1.807) is 7.05 Å². The van der Waals surface area contributed by atoms with Gasteiger partial charge in [-0.05, 0) is 42.2 Å². The Kier molecular flexibility index (Phi) is 3.97. The maximum atomic E-state index is 13.2. The van der Waals surface area contributed by atoms with E-state index in [9.17, 15) is 12.8 Å². The summed E-state index contributed by atoms with van der Waals surface area (Å²) in [5.74, 6) is -0.630. The quantitative estimate of drug-likeness (QED) is 0.853. The van der Waals surface area contributed by atoms with Crippen molar-refractivity contribution in [2.75, 3.05) is 7.05 Å². The molecule has 1 aliphatic rings. The molecule has 0 N–H and O–H groups in total. The Hall–Kier alpha value is -1.43. The number of halogens is 2. The van der Waals surface area contributed by atoms with Crippen molar-refractivity contribution < 1.29 is 12.8 Å². The predicted molar refractivity (Wildman–Crippen MR) is 83.9 cm³/mol. The van der Waals surface area contributed by atoms with Gasteiger partial charge in [-0.2, -0.15) is 4.31 Å². The summed E-state index contributed by atoms with van der Waals surface area (Å²) in [7, 11) is -2.17. The standard InChI is InChI=1S/C16H15ClFNO2S/c1-19(16-9-6-11-4-2-3-5-13(11)16)22(20,21)12-7-8-15(18)14(17)10-12/h2-5,7-8,10,16H,6,9H2,1H3. The molecule has 116 valence electrons. The van der Waals surface area contributed by atoms with Crippen LogP contribution in [0.2, 0.25) is 5.02 Å². The third-order valence-electron chi connectivity index (χ3n) is 4.11. The lowest BCUT2D eigenvalue weighted by atomic mass is 10.1. The second-order valence-electron chi connectivity index (χ2n) is 5.35. The van der Waals surface area contributed by atoms with E-state index < -0.39 is 15.8 Å². The van der Waals surface area contributed by atoms with Crippen LogP contribution in [-0.4, -0.2) is 19.8 Å². The fourth-order valence-electron chi connectivity index (χ4n) is 2.88. The molecule has 6 heteroatoms. The molecule has 3 nitrogen and oxygen atoms in total. The third-order valence-corrected chi connectivity index (χ3v) is 6.26. The largest absolute Gasteiger partial charge is 0.243 e. The van der Waals surface area contributed by atoms with E-state index in [4.69, 9.17) is 11.6 Å². The molecular weight excluding hydrogens is 325 g/mol. The smallest absolute Gasteiger partial charge is 0.207 e. The maximum Gasteiger partial charge on any atom is 0.243 e. The minimum Gasteiger partial charge on any atom is -0.207 e. The Labute approximate surface area is 134 Å². The van der Waals surface area contributed by atoms with Crippen molar-refractivity contribution in [3.63, 3.8) is 0 Å². The lowest BCUT2D eigenvalue weighted by Gasteiger charge is -2.25. The van der Waals surface area contributed by atoms with Gasteiger partial charge in [-0.25, -0.2) is 12.8 Å². The summed E-state index contributed by atoms with van der Waals surface area (Å²) in [4.78, 5) is 0.00535. The molecule has 1 atom stereocenters. The molecule has 0 aliphatic heterocycles. The Balaban J connectivity index is 1.98. The van der Waals surface area contributed by atoms with Crippen LogP contribution in [-0.2, 0) is 16.4 Å². The number of fused-ring (bicyclic) bond motifs is 1. The summed E-state index contributed by atoms with van der Waals surface area (Å²) in [6.07, 6.45) is 1.59. The molecule has 0 saturated heterocycles. The number of aryl methyl sites for hydroxylation is 1. The van der Waals surface area contributed by atoms with E-state index in [0.717, 1.165) is 30.5 Å². The van der Waals surface area contributed by atoms with Gasteiger partial charge in [0.1, 0.15) is 5.82 Å². The number of benzene rings is 2. The molecule has 0 radical (unpaired) electrons. The first-order valence-corrected chi connectivity index (χ1v) is 8.74. The molecule has 1 aliphatic carbocycles. The van der Waals surface area contributed by atoms with Gasteiger partial charge < -0.3 is 0 Å². The van der Waals surface area contributed by atoms with Crippen molar-refractivity contribution in [3.8, 4) is 0 Å². The van der Waals surface area contributed by atoms with Crippen LogP contribution in [0.1, 0.15) is 23.6 Å². The first kappa shape index (κ1) is 15.5. The first-order chi connectivity index (χ1) is 10.4. The highest BCUT2D eigenvalue weighted by molar-refractivity contribution is 7.89. The second-order valence-corrected chi connectivity index (χ2v) is 7.76. The van der Waals surface area contributed by atoms with Crippen molar-refractivity contribution in [1.29, 1.82) is 0 Å². The molecule has 0 spiro atoms. The Bertz CT molecular complexity index is 823. The van der Waals surface area contributed by atoms with E-state index in [1.807, 2.05) is 24.3 Å². The number of sulfonamides is 1. The van der Waals surface area contributed by atoms with Crippen LogP contribution in [0.4, 0.5) is 4.39 Å². The van der Waals surface area contributed by atoms with Crippen molar-refractivity contribution in [2.45, 2.75) is 23.8 Å². The van der Waals surface area contributed by atoms with Crippen LogP contribution in [0.3, 0.4) is 0 Å². The zero-order chi connectivity index (χ0) is 15.9. The Morgan fingerprint density at radius 1 is 1.23 bits per heavy atom. The Morgan fingerprint density at radius 2 is 1.95 bits per heavy atom. The van der Waals surface area contributed by atoms with E-state index >= 15 is 0 Å². The summed E-state index contributed by atoms with van der Waals surface area (Å²) in [6, 6.07) is 11.1. The van der Waals surface area contributed by atoms with E-state index in [-0.39, 0.29) is 16.0 Å². The number of nitrogens with zero attached hydrogens (tertiary/aromatic N) is 1. The van der Waals surface area contributed by atoms with Crippen LogP contribution in [0.25, 0.3) is 0 Å². The van der Waals surface area contributed by atoms with Gasteiger partial charge in [0.15, 0.2) is 0 Å². The molecule has 2 aromatic carbocycles. The summed E-state index contributed by atoms with van der Waals surface area (Å²) < 4.78 is 40.1. The van der Waals surface area contributed by atoms with Gasteiger partial charge in [0.2, 0.25) is 10.0 Å². The molecule has 22 heavy (non-hydrogen) atoms. The molecule has 0 fully saturated rings. The normalized spacial score (nSPS) is 17.7. The van der Waals surface area contributed by atoms with Gasteiger partial charge in [-0.1, -0.05) is 35.9 Å². The number of hydrogen-bond acceptors (Lipinski definition) is 2. The number of hydrogen-bond donors (Lipinski definition) is 0. The average Bonchev–Trinajstić information content (AvgIpc) is 2.93. The van der Waals surface area contributed by atoms with Crippen LogP contribution < -0.4 is 0 Å². The minimum absolute atomic E-state index is 0.00535. The monoisotopic (exact) mass is 339 g/mol.